The third-order valence-corrected chi connectivity index (χ3v) is 6.12. The monoisotopic (exact) mass is 460 g/mol. The summed E-state index contributed by atoms with van der Waals surface area (Å²) in [4.78, 5) is 75.5. The van der Waals surface area contributed by atoms with Crippen LogP contribution in [0.1, 0.15) is 92.8 Å². The van der Waals surface area contributed by atoms with Gasteiger partial charge in [-0.1, -0.05) is 49.9 Å². The van der Waals surface area contributed by atoms with E-state index in [4.69, 9.17) is 0 Å². The molecule has 0 unspecified atom stereocenters. The topological polar surface area (TPSA) is 109 Å². The normalized spacial score (nSPS) is 14.6. The van der Waals surface area contributed by atoms with Crippen LogP contribution in [0.3, 0.4) is 0 Å². The summed E-state index contributed by atoms with van der Waals surface area (Å²) < 4.78 is 0. The molecule has 8 nitrogen and oxygen atoms in total. The van der Waals surface area contributed by atoms with Crippen LogP contribution in [0.5, 0.6) is 0 Å². The van der Waals surface area contributed by atoms with Crippen LogP contribution >= 0.6 is 0 Å². The van der Waals surface area contributed by atoms with E-state index in [2.05, 4.69) is 0 Å². The van der Waals surface area contributed by atoms with Gasteiger partial charge in [0, 0.05) is 12.8 Å². The van der Waals surface area contributed by atoms with E-state index in [1.54, 1.807) is 48.5 Å². The molecule has 2 aliphatic rings. The van der Waals surface area contributed by atoms with Gasteiger partial charge in [-0.2, -0.15) is 0 Å². The molecule has 0 N–H and O–H groups in total. The first-order valence-corrected chi connectivity index (χ1v) is 11.4. The van der Waals surface area contributed by atoms with E-state index in [0.717, 1.165) is 35.5 Å². The zero-order chi connectivity index (χ0) is 24.2. The molecule has 0 saturated carbocycles. The number of amides is 6. The molecule has 0 radical (unpaired) electrons. The van der Waals surface area contributed by atoms with Crippen molar-refractivity contribution in [1.29, 1.82) is 0 Å². The maximum Gasteiger partial charge on any atom is 0.268 e. The van der Waals surface area contributed by atoms with Crippen molar-refractivity contribution in [3.63, 3.8) is 0 Å². The molecule has 8 heteroatoms. The van der Waals surface area contributed by atoms with Gasteiger partial charge in [-0.3, -0.25) is 28.8 Å². The summed E-state index contributed by atoms with van der Waals surface area (Å²) in [6, 6.07) is 12.8. The van der Waals surface area contributed by atoms with Crippen LogP contribution in [0, 0.1) is 0 Å². The Labute approximate surface area is 196 Å². The predicted molar refractivity (Wildman–Crippen MR) is 121 cm³/mol. The molecule has 34 heavy (non-hydrogen) atoms. The highest BCUT2D eigenvalue weighted by Gasteiger charge is 2.40. The average molecular weight is 460 g/mol. The van der Waals surface area contributed by atoms with Crippen molar-refractivity contribution in [3.05, 3.63) is 70.8 Å². The van der Waals surface area contributed by atoms with Crippen LogP contribution < -0.4 is 0 Å². The fourth-order valence-electron chi connectivity index (χ4n) is 4.31. The summed E-state index contributed by atoms with van der Waals surface area (Å²) in [5, 5.41) is 0. The smallest absolute Gasteiger partial charge is 0.268 e. The Bertz CT molecular complexity index is 1040. The molecule has 2 aromatic rings. The van der Waals surface area contributed by atoms with Gasteiger partial charge >= 0.3 is 0 Å². The molecule has 0 aliphatic carbocycles. The maximum atomic E-state index is 12.4. The highest BCUT2D eigenvalue weighted by Crippen LogP contribution is 2.25. The Morgan fingerprint density at radius 1 is 0.471 bits per heavy atom. The molecule has 0 bridgehead atoms. The first kappa shape index (κ1) is 23.2. The third-order valence-electron chi connectivity index (χ3n) is 6.12. The quantitative estimate of drug-likeness (QED) is 0.416. The number of imide groups is 6. The summed E-state index contributed by atoms with van der Waals surface area (Å²) in [6.45, 7) is 0. The van der Waals surface area contributed by atoms with E-state index < -0.39 is 35.4 Å². The van der Waals surface area contributed by atoms with Crippen molar-refractivity contribution < 1.29 is 28.8 Å². The van der Waals surface area contributed by atoms with Gasteiger partial charge in [0.05, 0.1) is 22.3 Å². The van der Waals surface area contributed by atoms with Crippen LogP contribution in [0.4, 0.5) is 0 Å². The minimum atomic E-state index is -0.562. The number of carbonyl (C=O) groups excluding carboxylic acids is 6. The number of benzene rings is 2. The summed E-state index contributed by atoms with van der Waals surface area (Å²) in [5.41, 5.74) is 1.04. The second kappa shape index (κ2) is 9.91. The lowest BCUT2D eigenvalue weighted by molar-refractivity contribution is -0.127. The molecule has 2 aliphatic heterocycles. The van der Waals surface area contributed by atoms with Gasteiger partial charge < -0.3 is 0 Å². The van der Waals surface area contributed by atoms with E-state index in [0.29, 0.717) is 12.8 Å². The van der Waals surface area contributed by atoms with Crippen LogP contribution in [-0.2, 0) is 9.59 Å². The van der Waals surface area contributed by atoms with Crippen molar-refractivity contribution in [2.45, 2.75) is 51.4 Å². The predicted octanol–water partition coefficient (Wildman–Crippen LogP) is 3.75. The zero-order valence-corrected chi connectivity index (χ0v) is 18.6. The lowest BCUT2D eigenvalue weighted by Gasteiger charge is -2.12. The van der Waals surface area contributed by atoms with Crippen LogP contribution in [-0.4, -0.2) is 45.2 Å². The minimum Gasteiger partial charge on any atom is -0.274 e. The molecular weight excluding hydrogens is 436 g/mol. The highest BCUT2D eigenvalue weighted by molar-refractivity contribution is 6.29. The van der Waals surface area contributed by atoms with Crippen molar-refractivity contribution in [2.24, 2.45) is 0 Å². The third kappa shape index (κ3) is 4.31. The molecule has 0 saturated heterocycles. The molecule has 174 valence electrons. The fourth-order valence-corrected chi connectivity index (χ4v) is 4.31. The molecule has 2 heterocycles. The van der Waals surface area contributed by atoms with Crippen molar-refractivity contribution in [3.8, 4) is 0 Å². The summed E-state index contributed by atoms with van der Waals surface area (Å²) in [5.74, 6) is -3.22. The van der Waals surface area contributed by atoms with Gasteiger partial charge in [-0.15, -0.1) is 0 Å². The Kier molecular flexibility index (Phi) is 6.77. The van der Waals surface area contributed by atoms with Gasteiger partial charge in [0.25, 0.3) is 23.6 Å². The Hall–Kier alpha value is -3.94. The number of nitrogens with zero attached hydrogens (tertiary/aromatic N) is 2. The van der Waals surface area contributed by atoms with Gasteiger partial charge in [0.15, 0.2) is 0 Å². The van der Waals surface area contributed by atoms with Gasteiger partial charge in [0.2, 0.25) is 11.8 Å². The maximum absolute atomic E-state index is 12.4. The van der Waals surface area contributed by atoms with Crippen molar-refractivity contribution in [1.82, 2.24) is 9.80 Å². The number of hydrogen-bond donors (Lipinski definition) is 0. The first-order chi connectivity index (χ1) is 16.4. The van der Waals surface area contributed by atoms with Gasteiger partial charge in [-0.05, 0) is 37.1 Å². The first-order valence-electron chi connectivity index (χ1n) is 11.4. The summed E-state index contributed by atoms with van der Waals surface area (Å²) >= 11 is 0. The van der Waals surface area contributed by atoms with Gasteiger partial charge in [-0.25, -0.2) is 9.80 Å². The number of carbonyl (C=O) groups is 6. The fraction of sp³-hybridized carbons (Fsp3) is 0.308. The lowest BCUT2D eigenvalue weighted by Crippen LogP contribution is -2.35. The van der Waals surface area contributed by atoms with E-state index in [-0.39, 0.29) is 35.1 Å². The Morgan fingerprint density at radius 2 is 0.735 bits per heavy atom. The molecule has 0 fully saturated rings. The second-order valence-corrected chi connectivity index (χ2v) is 8.39. The molecule has 0 spiro atoms. The number of unbranched alkanes of at least 4 members (excludes halogenated alkanes) is 5. The summed E-state index contributed by atoms with van der Waals surface area (Å²) in [7, 11) is 0. The molecule has 0 atom stereocenters. The standard InChI is InChI=1S/C26H24N2O6/c29-21(27-23(31)17-11-7-8-12-18(17)24(27)32)15-5-3-1-2-4-6-16-22(30)28-25(33)19-13-9-10-14-20(19)26(28)34/h7-14H,1-6,15-16H2. The lowest BCUT2D eigenvalue weighted by atomic mass is 10.1. The molecular formula is C26H24N2O6. The van der Waals surface area contributed by atoms with E-state index in [1.165, 1.54) is 0 Å². The summed E-state index contributed by atoms with van der Waals surface area (Å²) in [6.07, 6.45) is 4.50. The van der Waals surface area contributed by atoms with Crippen LogP contribution in [0.25, 0.3) is 0 Å². The molecule has 2 aromatic carbocycles. The van der Waals surface area contributed by atoms with Gasteiger partial charge in [0.1, 0.15) is 0 Å². The van der Waals surface area contributed by atoms with E-state index >= 15 is 0 Å². The second-order valence-electron chi connectivity index (χ2n) is 8.39. The Morgan fingerprint density at radius 3 is 1.03 bits per heavy atom. The number of rotatable bonds is 9. The molecule has 4 rings (SSSR count). The Balaban J connectivity index is 1.12. The van der Waals surface area contributed by atoms with E-state index in [9.17, 15) is 28.8 Å². The van der Waals surface area contributed by atoms with Crippen molar-refractivity contribution in [2.75, 3.05) is 0 Å². The van der Waals surface area contributed by atoms with Crippen LogP contribution in [0.2, 0.25) is 0 Å². The zero-order valence-electron chi connectivity index (χ0n) is 18.6. The largest absolute Gasteiger partial charge is 0.274 e. The van der Waals surface area contributed by atoms with Crippen molar-refractivity contribution >= 4 is 35.4 Å². The SMILES string of the molecule is O=C(CCCCCCCCC(=O)N1C(=O)c2ccccc2C1=O)N1C(=O)c2ccccc2C1=O. The number of fused-ring (bicyclic) bond motifs is 2. The molecule has 6 amide bonds. The molecule has 0 aromatic heterocycles. The average Bonchev–Trinajstić information content (AvgIpc) is 3.25. The minimum absolute atomic E-state index is 0.115. The number of hydrogen-bond acceptors (Lipinski definition) is 6. The van der Waals surface area contributed by atoms with Crippen LogP contribution in [0.15, 0.2) is 48.5 Å². The highest BCUT2D eigenvalue weighted by atomic mass is 16.2. The van der Waals surface area contributed by atoms with E-state index in [1.807, 2.05) is 0 Å².